The van der Waals surface area contributed by atoms with Gasteiger partial charge in [0.25, 0.3) is 0 Å². The lowest BCUT2D eigenvalue weighted by Gasteiger charge is -2.37. The summed E-state index contributed by atoms with van der Waals surface area (Å²) in [5, 5.41) is 12.0. The maximum atomic E-state index is 12.0. The number of ether oxygens (including phenoxy) is 1. The van der Waals surface area contributed by atoms with Crippen LogP contribution in [0.25, 0.3) is 0 Å². The third-order valence-corrected chi connectivity index (χ3v) is 3.71. The number of nitrogens with one attached hydrogen (secondary N) is 1. The minimum Gasteiger partial charge on any atom is -0.481 e. The Kier molecular flexibility index (Phi) is 6.91. The smallest absolute Gasteiger partial charge is 0.317 e. The molecule has 1 saturated heterocycles. The number of piperidine rings is 1. The topological polar surface area (TPSA) is 82.1 Å². The largest absolute Gasteiger partial charge is 0.481 e. The first-order chi connectivity index (χ1) is 9.85. The van der Waals surface area contributed by atoms with Crippen molar-refractivity contribution in [3.05, 3.63) is 0 Å². The number of likely N-dealkylation sites (N-methyl/N-ethyl adjacent to an activating group) is 1. The lowest BCUT2D eigenvalue weighted by molar-refractivity contribution is -0.150. The van der Waals surface area contributed by atoms with Crippen LogP contribution in [0.1, 0.15) is 19.8 Å². The Morgan fingerprint density at radius 1 is 1.38 bits per heavy atom. The maximum absolute atomic E-state index is 12.0. The van der Waals surface area contributed by atoms with Crippen LogP contribution < -0.4 is 5.32 Å². The molecule has 0 saturated carbocycles. The second-order valence-corrected chi connectivity index (χ2v) is 6.04. The Morgan fingerprint density at radius 3 is 2.71 bits per heavy atom. The molecule has 7 nitrogen and oxygen atoms in total. The third-order valence-electron chi connectivity index (χ3n) is 3.71. The standard InChI is InChI=1S/C14H27N3O4/c1-14(12(18)19)5-4-7-17(11-14)13(20)15-6-9-21-10-8-16(2)3/h4-11H2,1-3H3,(H,15,20)(H,18,19). The summed E-state index contributed by atoms with van der Waals surface area (Å²) >= 11 is 0. The molecule has 0 aromatic carbocycles. The normalized spacial score (nSPS) is 22.4. The molecule has 7 heteroatoms. The summed E-state index contributed by atoms with van der Waals surface area (Å²) in [4.78, 5) is 26.9. The Labute approximate surface area is 126 Å². The molecule has 1 aliphatic rings. The fourth-order valence-electron chi connectivity index (χ4n) is 2.28. The van der Waals surface area contributed by atoms with Gasteiger partial charge in [0.05, 0.1) is 18.6 Å². The van der Waals surface area contributed by atoms with E-state index in [9.17, 15) is 14.7 Å². The van der Waals surface area contributed by atoms with E-state index in [4.69, 9.17) is 4.74 Å². The van der Waals surface area contributed by atoms with Crippen molar-refractivity contribution in [2.24, 2.45) is 5.41 Å². The van der Waals surface area contributed by atoms with Crippen LogP contribution in [0.3, 0.4) is 0 Å². The Balaban J connectivity index is 2.24. The van der Waals surface area contributed by atoms with Crippen LogP contribution in [-0.2, 0) is 9.53 Å². The first-order valence-corrected chi connectivity index (χ1v) is 7.34. The number of hydrogen-bond acceptors (Lipinski definition) is 4. The highest BCUT2D eigenvalue weighted by atomic mass is 16.5. The Bertz CT molecular complexity index is 362. The van der Waals surface area contributed by atoms with Crippen LogP contribution in [0.5, 0.6) is 0 Å². The molecule has 0 bridgehead atoms. The lowest BCUT2D eigenvalue weighted by Crippen LogP contribution is -2.51. The van der Waals surface area contributed by atoms with Gasteiger partial charge in [-0.15, -0.1) is 0 Å². The first-order valence-electron chi connectivity index (χ1n) is 7.34. The van der Waals surface area contributed by atoms with Gasteiger partial charge >= 0.3 is 12.0 Å². The van der Waals surface area contributed by atoms with Crippen LogP contribution in [0.4, 0.5) is 4.79 Å². The number of rotatable bonds is 7. The van der Waals surface area contributed by atoms with Crippen LogP contribution in [0.15, 0.2) is 0 Å². The lowest BCUT2D eigenvalue weighted by atomic mass is 9.82. The van der Waals surface area contributed by atoms with Crippen molar-refractivity contribution in [3.63, 3.8) is 0 Å². The highest BCUT2D eigenvalue weighted by molar-refractivity contribution is 5.78. The SMILES string of the molecule is CN(C)CCOCCNC(=O)N1CCCC(C)(C(=O)O)C1. The number of nitrogens with zero attached hydrogens (tertiary/aromatic N) is 2. The van der Waals surface area contributed by atoms with Crippen molar-refractivity contribution in [1.82, 2.24) is 15.1 Å². The van der Waals surface area contributed by atoms with Gasteiger partial charge in [-0.1, -0.05) is 0 Å². The molecule has 1 aliphatic heterocycles. The van der Waals surface area contributed by atoms with Gasteiger partial charge in [-0.05, 0) is 33.9 Å². The molecule has 0 aliphatic carbocycles. The highest BCUT2D eigenvalue weighted by Crippen LogP contribution is 2.29. The second-order valence-electron chi connectivity index (χ2n) is 6.04. The minimum absolute atomic E-state index is 0.210. The van der Waals surface area contributed by atoms with Gasteiger partial charge in [0.2, 0.25) is 0 Å². The van der Waals surface area contributed by atoms with E-state index >= 15 is 0 Å². The summed E-state index contributed by atoms with van der Waals surface area (Å²) in [7, 11) is 3.95. The van der Waals surface area contributed by atoms with E-state index in [0.29, 0.717) is 32.7 Å². The van der Waals surface area contributed by atoms with E-state index in [1.165, 1.54) is 0 Å². The summed E-state index contributed by atoms with van der Waals surface area (Å²) in [5.74, 6) is -0.841. The number of amides is 2. The fraction of sp³-hybridized carbons (Fsp3) is 0.857. The van der Waals surface area contributed by atoms with E-state index < -0.39 is 11.4 Å². The van der Waals surface area contributed by atoms with E-state index in [1.807, 2.05) is 19.0 Å². The van der Waals surface area contributed by atoms with Crippen molar-refractivity contribution in [1.29, 1.82) is 0 Å². The molecule has 1 rings (SSSR count). The quantitative estimate of drug-likeness (QED) is 0.668. The molecule has 122 valence electrons. The molecule has 1 atom stereocenters. The highest BCUT2D eigenvalue weighted by Gasteiger charge is 2.39. The molecule has 2 amide bonds. The molecule has 0 spiro atoms. The molecule has 0 aromatic rings. The predicted octanol–water partition coefficient (Wildman–Crippen LogP) is 0.461. The van der Waals surface area contributed by atoms with Gasteiger partial charge in [0, 0.05) is 26.2 Å². The fourth-order valence-corrected chi connectivity index (χ4v) is 2.28. The summed E-state index contributed by atoms with van der Waals surface area (Å²) in [6.45, 7) is 4.93. The van der Waals surface area contributed by atoms with Crippen LogP contribution in [-0.4, -0.2) is 80.4 Å². The molecule has 0 radical (unpaired) electrons. The molecule has 1 fully saturated rings. The zero-order valence-corrected chi connectivity index (χ0v) is 13.2. The first kappa shape index (κ1) is 17.7. The average molecular weight is 301 g/mol. The zero-order chi connectivity index (χ0) is 15.9. The molecule has 1 unspecified atom stereocenters. The average Bonchev–Trinajstić information content (AvgIpc) is 2.42. The number of hydrogen-bond donors (Lipinski definition) is 2. The summed E-state index contributed by atoms with van der Waals surface area (Å²) in [6.07, 6.45) is 1.33. The second kappa shape index (κ2) is 8.19. The monoisotopic (exact) mass is 301 g/mol. The van der Waals surface area contributed by atoms with Crippen molar-refractivity contribution in [3.8, 4) is 0 Å². The van der Waals surface area contributed by atoms with Crippen molar-refractivity contribution in [2.45, 2.75) is 19.8 Å². The summed E-state index contributed by atoms with van der Waals surface area (Å²) < 4.78 is 5.39. The number of aliphatic carboxylic acids is 1. The van der Waals surface area contributed by atoms with Crippen molar-refractivity contribution >= 4 is 12.0 Å². The summed E-state index contributed by atoms with van der Waals surface area (Å²) in [5.41, 5.74) is -0.836. The Morgan fingerprint density at radius 2 is 2.10 bits per heavy atom. The van der Waals surface area contributed by atoms with Gasteiger partial charge in [0.1, 0.15) is 0 Å². The van der Waals surface area contributed by atoms with Crippen LogP contribution in [0.2, 0.25) is 0 Å². The van der Waals surface area contributed by atoms with Gasteiger partial charge in [-0.25, -0.2) is 4.79 Å². The van der Waals surface area contributed by atoms with Gasteiger partial charge in [-0.2, -0.15) is 0 Å². The molecule has 21 heavy (non-hydrogen) atoms. The maximum Gasteiger partial charge on any atom is 0.317 e. The predicted molar refractivity (Wildman–Crippen MR) is 79.3 cm³/mol. The van der Waals surface area contributed by atoms with Crippen molar-refractivity contribution in [2.75, 3.05) is 53.5 Å². The van der Waals surface area contributed by atoms with E-state index in [1.54, 1.807) is 11.8 Å². The Hall–Kier alpha value is -1.34. The number of carbonyl (C=O) groups is 2. The van der Waals surface area contributed by atoms with Gasteiger partial charge < -0.3 is 25.0 Å². The minimum atomic E-state index is -0.841. The number of carbonyl (C=O) groups excluding carboxylic acids is 1. The zero-order valence-electron chi connectivity index (χ0n) is 13.2. The molecular formula is C14H27N3O4. The molecule has 2 N–H and O–H groups in total. The third kappa shape index (κ3) is 5.89. The number of carboxylic acids is 1. The number of likely N-dealkylation sites (tertiary alicyclic amines) is 1. The van der Waals surface area contributed by atoms with E-state index in [0.717, 1.165) is 13.0 Å². The summed E-state index contributed by atoms with van der Waals surface area (Å²) in [6, 6.07) is -0.210. The number of urea groups is 1. The van der Waals surface area contributed by atoms with Crippen molar-refractivity contribution < 1.29 is 19.4 Å². The molecule has 0 aromatic heterocycles. The number of carboxylic acid groups (broad SMARTS) is 1. The van der Waals surface area contributed by atoms with Crippen LogP contribution in [0, 0.1) is 5.41 Å². The van der Waals surface area contributed by atoms with E-state index in [2.05, 4.69) is 5.32 Å². The van der Waals surface area contributed by atoms with Crippen LogP contribution >= 0.6 is 0 Å². The molecule has 1 heterocycles. The van der Waals surface area contributed by atoms with Gasteiger partial charge in [0.15, 0.2) is 0 Å². The van der Waals surface area contributed by atoms with Gasteiger partial charge in [-0.3, -0.25) is 4.79 Å². The molecular weight excluding hydrogens is 274 g/mol. The van der Waals surface area contributed by atoms with E-state index in [-0.39, 0.29) is 12.6 Å².